The first-order valence-electron chi connectivity index (χ1n) is 8.55. The molecule has 1 aromatic heterocycles. The number of para-hydroxylation sites is 1. The molecule has 4 heteroatoms. The molecule has 0 saturated heterocycles. The molecule has 1 heterocycles. The fourth-order valence-corrected chi connectivity index (χ4v) is 3.24. The first kappa shape index (κ1) is 16.5. The molecule has 2 aromatic carbocycles. The lowest BCUT2D eigenvalue weighted by Crippen LogP contribution is -2.12. The van der Waals surface area contributed by atoms with Crippen molar-refractivity contribution in [3.8, 4) is 0 Å². The predicted molar refractivity (Wildman–Crippen MR) is 103 cm³/mol. The number of nitrogens with zero attached hydrogens (tertiary/aromatic N) is 1. The van der Waals surface area contributed by atoms with Gasteiger partial charge in [-0.05, 0) is 63.7 Å². The number of H-pyrrole nitrogens is 1. The van der Waals surface area contributed by atoms with Gasteiger partial charge in [0.15, 0.2) is 5.43 Å². The fraction of sp³-hybridized carbons (Fsp3) is 0.350. The normalized spacial score (nSPS) is 11.6. The zero-order chi connectivity index (χ0) is 17.1. The SMILES string of the molecule is CN(C)CCCCCc1ccc(N)c2[nH]c3ccccc3c(=O)c12. The smallest absolute Gasteiger partial charge is 0.197 e. The van der Waals surface area contributed by atoms with Crippen molar-refractivity contribution in [1.29, 1.82) is 0 Å². The summed E-state index contributed by atoms with van der Waals surface area (Å²) in [5, 5.41) is 1.48. The Morgan fingerprint density at radius 1 is 1.04 bits per heavy atom. The van der Waals surface area contributed by atoms with E-state index in [0.29, 0.717) is 5.69 Å². The molecule has 0 amide bonds. The van der Waals surface area contributed by atoms with Crippen molar-refractivity contribution >= 4 is 27.5 Å². The number of fused-ring (bicyclic) bond motifs is 2. The second-order valence-electron chi connectivity index (χ2n) is 6.68. The van der Waals surface area contributed by atoms with E-state index in [0.717, 1.165) is 53.2 Å². The number of nitrogen functional groups attached to an aromatic ring is 1. The third-order valence-corrected chi connectivity index (χ3v) is 4.53. The van der Waals surface area contributed by atoms with Crippen molar-refractivity contribution in [3.05, 3.63) is 52.2 Å². The molecule has 24 heavy (non-hydrogen) atoms. The van der Waals surface area contributed by atoms with Gasteiger partial charge in [-0.2, -0.15) is 0 Å². The summed E-state index contributed by atoms with van der Waals surface area (Å²) in [5.41, 5.74) is 9.53. The van der Waals surface area contributed by atoms with Gasteiger partial charge in [-0.3, -0.25) is 4.79 Å². The van der Waals surface area contributed by atoms with Crippen LogP contribution in [0.15, 0.2) is 41.2 Å². The summed E-state index contributed by atoms with van der Waals surface area (Å²) in [5.74, 6) is 0. The van der Waals surface area contributed by atoms with Crippen LogP contribution in [0.5, 0.6) is 0 Å². The van der Waals surface area contributed by atoms with Crippen LogP contribution >= 0.6 is 0 Å². The average Bonchev–Trinajstić information content (AvgIpc) is 2.57. The van der Waals surface area contributed by atoms with E-state index in [1.54, 1.807) is 0 Å². The fourth-order valence-electron chi connectivity index (χ4n) is 3.24. The van der Waals surface area contributed by atoms with Gasteiger partial charge < -0.3 is 15.6 Å². The highest BCUT2D eigenvalue weighted by Crippen LogP contribution is 2.24. The Morgan fingerprint density at radius 3 is 2.62 bits per heavy atom. The van der Waals surface area contributed by atoms with Gasteiger partial charge in [0, 0.05) is 10.9 Å². The number of rotatable bonds is 6. The number of hydrogen-bond acceptors (Lipinski definition) is 3. The second kappa shape index (κ2) is 7.05. The predicted octanol–water partition coefficient (Wildman–Crippen LogP) is 3.54. The van der Waals surface area contributed by atoms with Gasteiger partial charge in [0.25, 0.3) is 0 Å². The number of aromatic amines is 1. The number of aryl methyl sites for hydroxylation is 1. The van der Waals surface area contributed by atoms with E-state index in [4.69, 9.17) is 5.73 Å². The standard InChI is InChI=1S/C20H25N3O/c1-23(2)13-7-3-4-8-14-11-12-16(21)19-18(14)20(24)15-9-5-6-10-17(15)22-19/h5-6,9-12H,3-4,7-8,13,21H2,1-2H3,(H,22,24). The van der Waals surface area contributed by atoms with Crippen LogP contribution in [0.25, 0.3) is 21.8 Å². The largest absolute Gasteiger partial charge is 0.397 e. The maximum absolute atomic E-state index is 13.0. The monoisotopic (exact) mass is 323 g/mol. The number of benzene rings is 2. The molecule has 4 nitrogen and oxygen atoms in total. The van der Waals surface area contributed by atoms with Crippen LogP contribution in [-0.2, 0) is 6.42 Å². The third kappa shape index (κ3) is 3.29. The molecule has 0 radical (unpaired) electrons. The summed E-state index contributed by atoms with van der Waals surface area (Å²) in [6.45, 7) is 1.10. The Balaban J connectivity index is 1.95. The molecule has 3 N–H and O–H groups in total. The molecular formula is C20H25N3O. The van der Waals surface area contributed by atoms with E-state index in [9.17, 15) is 4.79 Å². The maximum Gasteiger partial charge on any atom is 0.197 e. The van der Waals surface area contributed by atoms with E-state index < -0.39 is 0 Å². The van der Waals surface area contributed by atoms with Crippen LogP contribution in [0, 0.1) is 0 Å². The lowest BCUT2D eigenvalue weighted by atomic mass is 9.99. The Kier molecular flexibility index (Phi) is 4.86. The van der Waals surface area contributed by atoms with E-state index in [1.807, 2.05) is 36.4 Å². The molecular weight excluding hydrogens is 298 g/mol. The molecule has 0 fully saturated rings. The molecule has 0 atom stereocenters. The Labute approximate surface area is 142 Å². The average molecular weight is 323 g/mol. The van der Waals surface area contributed by atoms with Crippen LogP contribution < -0.4 is 11.2 Å². The zero-order valence-corrected chi connectivity index (χ0v) is 14.4. The molecule has 3 aromatic rings. The number of aromatic nitrogens is 1. The van der Waals surface area contributed by atoms with Crippen molar-refractivity contribution < 1.29 is 0 Å². The molecule has 0 aliphatic heterocycles. The van der Waals surface area contributed by atoms with Gasteiger partial charge in [-0.25, -0.2) is 0 Å². The molecule has 0 unspecified atom stereocenters. The number of hydrogen-bond donors (Lipinski definition) is 2. The number of nitrogens with two attached hydrogens (primary N) is 1. The summed E-state index contributed by atoms with van der Waals surface area (Å²) >= 11 is 0. The lowest BCUT2D eigenvalue weighted by molar-refractivity contribution is 0.392. The van der Waals surface area contributed by atoms with Crippen LogP contribution in [-0.4, -0.2) is 30.5 Å². The summed E-state index contributed by atoms with van der Waals surface area (Å²) in [7, 11) is 4.19. The van der Waals surface area contributed by atoms with Crippen LogP contribution in [0.4, 0.5) is 5.69 Å². The minimum Gasteiger partial charge on any atom is -0.397 e. The molecule has 0 saturated carbocycles. The van der Waals surface area contributed by atoms with E-state index in [-0.39, 0.29) is 5.43 Å². The van der Waals surface area contributed by atoms with E-state index in [1.165, 1.54) is 6.42 Å². The summed E-state index contributed by atoms with van der Waals surface area (Å²) in [4.78, 5) is 18.5. The number of unbranched alkanes of at least 4 members (excludes halogenated alkanes) is 2. The van der Waals surface area contributed by atoms with Crippen LogP contribution in [0.1, 0.15) is 24.8 Å². The van der Waals surface area contributed by atoms with Crippen LogP contribution in [0.2, 0.25) is 0 Å². The number of anilines is 1. The Bertz CT molecular complexity index is 912. The molecule has 3 rings (SSSR count). The summed E-state index contributed by atoms with van der Waals surface area (Å²) in [6, 6.07) is 11.5. The van der Waals surface area contributed by atoms with Crippen molar-refractivity contribution in [2.75, 3.05) is 26.4 Å². The molecule has 126 valence electrons. The van der Waals surface area contributed by atoms with Gasteiger partial charge in [-0.15, -0.1) is 0 Å². The first-order valence-corrected chi connectivity index (χ1v) is 8.55. The third-order valence-electron chi connectivity index (χ3n) is 4.53. The molecule has 0 aliphatic rings. The van der Waals surface area contributed by atoms with Crippen molar-refractivity contribution in [1.82, 2.24) is 9.88 Å². The minimum atomic E-state index is 0.0786. The highest BCUT2D eigenvalue weighted by Gasteiger charge is 2.11. The van der Waals surface area contributed by atoms with E-state index in [2.05, 4.69) is 24.0 Å². The quantitative estimate of drug-likeness (QED) is 0.414. The number of pyridine rings is 1. The van der Waals surface area contributed by atoms with Crippen molar-refractivity contribution in [2.24, 2.45) is 0 Å². The highest BCUT2D eigenvalue weighted by atomic mass is 16.1. The van der Waals surface area contributed by atoms with Gasteiger partial charge >= 0.3 is 0 Å². The van der Waals surface area contributed by atoms with Crippen LogP contribution in [0.3, 0.4) is 0 Å². The maximum atomic E-state index is 13.0. The molecule has 0 aliphatic carbocycles. The van der Waals surface area contributed by atoms with E-state index >= 15 is 0 Å². The van der Waals surface area contributed by atoms with Crippen molar-refractivity contribution in [3.63, 3.8) is 0 Å². The summed E-state index contributed by atoms with van der Waals surface area (Å²) < 4.78 is 0. The summed E-state index contributed by atoms with van der Waals surface area (Å²) in [6.07, 6.45) is 4.33. The first-order chi connectivity index (χ1) is 11.6. The minimum absolute atomic E-state index is 0.0786. The van der Waals surface area contributed by atoms with Gasteiger partial charge in [-0.1, -0.05) is 24.6 Å². The zero-order valence-electron chi connectivity index (χ0n) is 14.4. The van der Waals surface area contributed by atoms with Gasteiger partial charge in [0.05, 0.1) is 16.6 Å². The Hall–Kier alpha value is -2.33. The Morgan fingerprint density at radius 2 is 1.83 bits per heavy atom. The lowest BCUT2D eigenvalue weighted by Gasteiger charge is -2.11. The number of nitrogens with one attached hydrogen (secondary N) is 1. The molecule has 0 bridgehead atoms. The van der Waals surface area contributed by atoms with Crippen molar-refractivity contribution in [2.45, 2.75) is 25.7 Å². The van der Waals surface area contributed by atoms with Gasteiger partial charge in [0.2, 0.25) is 0 Å². The second-order valence-corrected chi connectivity index (χ2v) is 6.68. The topological polar surface area (TPSA) is 62.1 Å². The highest BCUT2D eigenvalue weighted by molar-refractivity contribution is 5.99. The molecule has 0 spiro atoms. The van der Waals surface area contributed by atoms with Gasteiger partial charge in [0.1, 0.15) is 0 Å².